The number of hydrogen-bond acceptors (Lipinski definition) is 6. The van der Waals surface area contributed by atoms with Gasteiger partial charge in [0.2, 0.25) is 5.95 Å². The number of anilines is 2. The summed E-state index contributed by atoms with van der Waals surface area (Å²) in [5, 5.41) is 6.32. The average Bonchev–Trinajstić information content (AvgIpc) is 2.41. The summed E-state index contributed by atoms with van der Waals surface area (Å²) in [4.78, 5) is 8.47. The highest BCUT2D eigenvalue weighted by molar-refractivity contribution is 5.39. The molecule has 0 aliphatic heterocycles. The lowest BCUT2D eigenvalue weighted by atomic mass is 10.5. The van der Waals surface area contributed by atoms with Gasteiger partial charge in [-0.15, -0.1) is 0 Å². The van der Waals surface area contributed by atoms with Gasteiger partial charge in [-0.25, -0.2) is 4.98 Å². The molecule has 0 bridgehead atoms. The van der Waals surface area contributed by atoms with Crippen LogP contribution in [0.15, 0.2) is 12.3 Å². The van der Waals surface area contributed by atoms with Crippen molar-refractivity contribution in [1.29, 1.82) is 0 Å². The molecule has 0 spiro atoms. The summed E-state index contributed by atoms with van der Waals surface area (Å²) in [5.74, 6) is 1.46. The predicted octanol–water partition coefficient (Wildman–Crippen LogP) is 1.37. The van der Waals surface area contributed by atoms with Crippen LogP contribution in [0.5, 0.6) is 0 Å². The van der Waals surface area contributed by atoms with Crippen LogP contribution in [0.2, 0.25) is 0 Å². The number of hydrogen-bond donors (Lipinski definition) is 2. The van der Waals surface area contributed by atoms with Crippen molar-refractivity contribution in [3.8, 4) is 0 Å². The molecule has 0 unspecified atom stereocenters. The van der Waals surface area contributed by atoms with Crippen molar-refractivity contribution < 1.29 is 9.47 Å². The molecule has 2 N–H and O–H groups in total. The second-order valence-corrected chi connectivity index (χ2v) is 3.72. The number of ether oxygens (including phenoxy) is 2. The molecule has 1 aromatic rings. The van der Waals surface area contributed by atoms with Crippen molar-refractivity contribution in [3.05, 3.63) is 12.3 Å². The Hall–Kier alpha value is -1.40. The smallest absolute Gasteiger partial charge is 0.224 e. The molecule has 0 amide bonds. The fourth-order valence-electron chi connectivity index (χ4n) is 1.27. The number of nitrogens with one attached hydrogen (secondary N) is 2. The van der Waals surface area contributed by atoms with E-state index in [1.807, 2.05) is 6.07 Å². The van der Waals surface area contributed by atoms with Crippen LogP contribution in [0.25, 0.3) is 0 Å². The summed E-state index contributed by atoms with van der Waals surface area (Å²) < 4.78 is 10.2. The first-order valence-electron chi connectivity index (χ1n) is 6.24. The van der Waals surface area contributed by atoms with Crippen molar-refractivity contribution in [3.63, 3.8) is 0 Å². The highest BCUT2D eigenvalue weighted by atomic mass is 16.5. The van der Waals surface area contributed by atoms with Gasteiger partial charge >= 0.3 is 0 Å². The Bertz CT molecular complexity index is 323. The molecule has 0 radical (unpaired) electrons. The van der Waals surface area contributed by atoms with E-state index in [-0.39, 0.29) is 0 Å². The maximum Gasteiger partial charge on any atom is 0.224 e. The third-order valence-corrected chi connectivity index (χ3v) is 2.17. The van der Waals surface area contributed by atoms with E-state index in [1.54, 1.807) is 13.3 Å². The van der Waals surface area contributed by atoms with Gasteiger partial charge in [-0.2, -0.15) is 4.98 Å². The van der Waals surface area contributed by atoms with E-state index in [0.717, 1.165) is 18.8 Å². The normalized spacial score (nSPS) is 10.3. The molecule has 102 valence electrons. The van der Waals surface area contributed by atoms with Gasteiger partial charge in [0.25, 0.3) is 0 Å². The minimum absolute atomic E-state index is 0.616. The summed E-state index contributed by atoms with van der Waals surface area (Å²) in [5.41, 5.74) is 0. The molecule has 6 nitrogen and oxygen atoms in total. The maximum absolute atomic E-state index is 5.34. The first-order chi connectivity index (χ1) is 8.86. The van der Waals surface area contributed by atoms with Crippen LogP contribution in [-0.4, -0.2) is 50.0 Å². The van der Waals surface area contributed by atoms with Crippen LogP contribution in [0.3, 0.4) is 0 Å². The van der Waals surface area contributed by atoms with Gasteiger partial charge in [0.15, 0.2) is 0 Å². The summed E-state index contributed by atoms with van der Waals surface area (Å²) in [6, 6.07) is 1.84. The van der Waals surface area contributed by atoms with E-state index >= 15 is 0 Å². The Morgan fingerprint density at radius 2 is 2.06 bits per heavy atom. The molecular weight excluding hydrogens is 232 g/mol. The Kier molecular flexibility index (Phi) is 7.83. The molecule has 0 saturated carbocycles. The zero-order chi connectivity index (χ0) is 13.1. The van der Waals surface area contributed by atoms with Crippen molar-refractivity contribution >= 4 is 11.8 Å². The van der Waals surface area contributed by atoms with Gasteiger partial charge in [0.1, 0.15) is 5.82 Å². The third-order valence-electron chi connectivity index (χ3n) is 2.17. The lowest BCUT2D eigenvalue weighted by molar-refractivity contribution is 0.0759. The van der Waals surface area contributed by atoms with Crippen LogP contribution in [-0.2, 0) is 9.47 Å². The number of nitrogens with zero attached hydrogens (tertiary/aromatic N) is 2. The standard InChI is InChI=1S/C12H22N4O2/c1-3-5-14-12-15-6-4-11(16-12)13-7-8-18-10-9-17-2/h4,6H,3,5,7-10H2,1-2H3,(H2,13,14,15,16). The van der Waals surface area contributed by atoms with Crippen LogP contribution < -0.4 is 10.6 Å². The van der Waals surface area contributed by atoms with Crippen LogP contribution in [0.1, 0.15) is 13.3 Å². The van der Waals surface area contributed by atoms with Crippen LogP contribution >= 0.6 is 0 Å². The Morgan fingerprint density at radius 3 is 2.83 bits per heavy atom. The lowest BCUT2D eigenvalue weighted by Crippen LogP contribution is -2.13. The summed E-state index contributed by atoms with van der Waals surface area (Å²) >= 11 is 0. The quantitative estimate of drug-likeness (QED) is 0.615. The number of methoxy groups -OCH3 is 1. The van der Waals surface area contributed by atoms with Crippen molar-refractivity contribution in [2.45, 2.75) is 13.3 Å². The van der Waals surface area contributed by atoms with Gasteiger partial charge in [0, 0.05) is 26.4 Å². The van der Waals surface area contributed by atoms with Gasteiger partial charge in [-0.1, -0.05) is 6.92 Å². The van der Waals surface area contributed by atoms with E-state index in [9.17, 15) is 0 Å². The molecule has 0 saturated heterocycles. The van der Waals surface area contributed by atoms with Gasteiger partial charge in [-0.3, -0.25) is 0 Å². The van der Waals surface area contributed by atoms with Crippen LogP contribution in [0, 0.1) is 0 Å². The fourth-order valence-corrected chi connectivity index (χ4v) is 1.27. The van der Waals surface area contributed by atoms with E-state index < -0.39 is 0 Å². The molecule has 18 heavy (non-hydrogen) atoms. The third kappa shape index (κ3) is 6.36. The Balaban J connectivity index is 2.20. The lowest BCUT2D eigenvalue weighted by Gasteiger charge is -2.08. The zero-order valence-electron chi connectivity index (χ0n) is 11.1. The molecule has 0 aliphatic rings. The zero-order valence-corrected chi connectivity index (χ0v) is 11.1. The molecular formula is C12H22N4O2. The van der Waals surface area contributed by atoms with Gasteiger partial charge in [-0.05, 0) is 12.5 Å². The van der Waals surface area contributed by atoms with Crippen molar-refractivity contribution in [2.75, 3.05) is 50.7 Å². The predicted molar refractivity (Wildman–Crippen MR) is 72.0 cm³/mol. The molecule has 0 atom stereocenters. The average molecular weight is 254 g/mol. The van der Waals surface area contributed by atoms with E-state index in [2.05, 4.69) is 27.5 Å². The summed E-state index contributed by atoms with van der Waals surface area (Å²) in [6.45, 7) is 5.57. The largest absolute Gasteiger partial charge is 0.382 e. The van der Waals surface area contributed by atoms with E-state index in [4.69, 9.17) is 9.47 Å². The minimum Gasteiger partial charge on any atom is -0.382 e. The molecule has 1 heterocycles. The van der Waals surface area contributed by atoms with Crippen molar-refractivity contribution in [1.82, 2.24) is 9.97 Å². The first kappa shape index (κ1) is 14.7. The van der Waals surface area contributed by atoms with Gasteiger partial charge in [0.05, 0.1) is 19.8 Å². The highest BCUT2D eigenvalue weighted by Gasteiger charge is 1.97. The summed E-state index contributed by atoms with van der Waals surface area (Å²) in [7, 11) is 1.66. The molecule has 1 aromatic heterocycles. The number of rotatable bonds is 10. The first-order valence-corrected chi connectivity index (χ1v) is 6.24. The minimum atomic E-state index is 0.616. The monoisotopic (exact) mass is 254 g/mol. The second-order valence-electron chi connectivity index (χ2n) is 3.72. The topological polar surface area (TPSA) is 68.3 Å². The molecule has 1 rings (SSSR count). The number of aromatic nitrogens is 2. The van der Waals surface area contributed by atoms with E-state index in [1.165, 1.54) is 0 Å². The Morgan fingerprint density at radius 1 is 1.17 bits per heavy atom. The molecule has 0 fully saturated rings. The molecule has 0 aliphatic carbocycles. The Labute approximate surface area is 108 Å². The summed E-state index contributed by atoms with van der Waals surface area (Å²) in [6.07, 6.45) is 2.79. The van der Waals surface area contributed by atoms with E-state index in [0.29, 0.717) is 32.3 Å². The highest BCUT2D eigenvalue weighted by Crippen LogP contribution is 2.04. The SMILES string of the molecule is CCCNc1nccc(NCCOCCOC)n1. The second kappa shape index (κ2) is 9.61. The van der Waals surface area contributed by atoms with Gasteiger partial charge < -0.3 is 20.1 Å². The maximum atomic E-state index is 5.34. The fraction of sp³-hybridized carbons (Fsp3) is 0.667. The molecule has 6 heteroatoms. The molecule has 0 aromatic carbocycles. The van der Waals surface area contributed by atoms with Crippen LogP contribution in [0.4, 0.5) is 11.8 Å². The van der Waals surface area contributed by atoms with Crippen molar-refractivity contribution in [2.24, 2.45) is 0 Å².